The molecule has 2 amide bonds. The Kier molecular flexibility index (Phi) is 8.22. The normalized spacial score (nSPS) is 28.8. The number of amides is 2. The molecular formula is C35H40Cl2FN5O2S. The summed E-state index contributed by atoms with van der Waals surface area (Å²) in [5, 5.41) is 2.00. The van der Waals surface area contributed by atoms with Gasteiger partial charge in [0, 0.05) is 40.9 Å². The molecule has 1 saturated carbocycles. The summed E-state index contributed by atoms with van der Waals surface area (Å²) in [7, 11) is 2.13. The Bertz CT molecular complexity index is 1610. The minimum Gasteiger partial charge on any atom is -0.338 e. The Morgan fingerprint density at radius 2 is 1.67 bits per heavy atom. The van der Waals surface area contributed by atoms with Gasteiger partial charge in [0.05, 0.1) is 12.1 Å². The molecule has 1 spiro atoms. The van der Waals surface area contributed by atoms with Crippen LogP contribution in [0.5, 0.6) is 0 Å². The second kappa shape index (κ2) is 11.8. The average molecular weight is 685 g/mol. The SMILES string of the molecule is CC(C)C1=C(C(=O)N2[C@H](CF)CC[C@H]2C(=O)N2CCN(C)C3(CC3)C2)SC2=N[C@@](C)(c3ccc(Cl)cc3)[C@@H](c3ccc(Cl)cc3)N21. The Labute approximate surface area is 284 Å². The van der Waals surface area contributed by atoms with Crippen molar-refractivity contribution in [2.24, 2.45) is 10.9 Å². The van der Waals surface area contributed by atoms with Crippen LogP contribution in [0.2, 0.25) is 10.0 Å². The number of halogens is 3. The second-order valence-electron chi connectivity index (χ2n) is 13.9. The van der Waals surface area contributed by atoms with Crippen LogP contribution < -0.4 is 0 Å². The molecule has 244 valence electrons. The standard InChI is InChI=1S/C35H40Cl2FN5O2S/c1-21(2)28-29(32(45)42-26(19-38)13-14-27(42)31(44)41-18-17-40(4)35(20-41)15-16-35)46-33-39-34(3,23-7-11-25(37)12-8-23)30(43(28)33)22-5-9-24(36)10-6-22/h5-12,21,26-27,30H,13-20H2,1-4H3/t26-,27-,30+,34-/m0/s1. The van der Waals surface area contributed by atoms with Crippen LogP contribution in [0, 0.1) is 5.92 Å². The van der Waals surface area contributed by atoms with Crippen LogP contribution in [-0.4, -0.2) is 87.6 Å². The highest BCUT2D eigenvalue weighted by Crippen LogP contribution is 2.56. The van der Waals surface area contributed by atoms with Gasteiger partial charge in [-0.15, -0.1) is 0 Å². The molecule has 5 aliphatic rings. The lowest BCUT2D eigenvalue weighted by Gasteiger charge is -2.42. The molecule has 4 aliphatic heterocycles. The van der Waals surface area contributed by atoms with E-state index in [0.29, 0.717) is 40.9 Å². The number of allylic oxidation sites excluding steroid dienone is 1. The molecule has 0 bridgehead atoms. The minimum absolute atomic E-state index is 0.0468. The Balaban J connectivity index is 1.26. The van der Waals surface area contributed by atoms with Gasteiger partial charge >= 0.3 is 0 Å². The molecule has 4 atom stereocenters. The van der Waals surface area contributed by atoms with Crippen molar-refractivity contribution in [1.29, 1.82) is 0 Å². The van der Waals surface area contributed by atoms with Gasteiger partial charge in [-0.1, -0.05) is 61.3 Å². The number of piperazine rings is 1. The molecule has 0 N–H and O–H groups in total. The lowest BCUT2D eigenvalue weighted by Crippen LogP contribution is -2.59. The van der Waals surface area contributed by atoms with Crippen LogP contribution in [0.1, 0.15) is 63.6 Å². The number of likely N-dealkylation sites (N-methyl/N-ethyl adjacent to an activating group) is 1. The van der Waals surface area contributed by atoms with E-state index in [1.54, 1.807) is 4.90 Å². The third kappa shape index (κ3) is 5.17. The number of nitrogens with zero attached hydrogens (tertiary/aromatic N) is 5. The van der Waals surface area contributed by atoms with Gasteiger partial charge < -0.3 is 14.7 Å². The van der Waals surface area contributed by atoms with Gasteiger partial charge in [-0.25, -0.2) is 9.38 Å². The third-order valence-electron chi connectivity index (χ3n) is 10.7. The largest absolute Gasteiger partial charge is 0.338 e. The maximum absolute atomic E-state index is 14.7. The van der Waals surface area contributed by atoms with Gasteiger partial charge in [-0.3, -0.25) is 14.5 Å². The van der Waals surface area contributed by atoms with E-state index in [2.05, 4.69) is 37.6 Å². The highest BCUT2D eigenvalue weighted by atomic mass is 35.5. The summed E-state index contributed by atoms with van der Waals surface area (Å²) in [6.07, 6.45) is 3.10. The zero-order valence-electron chi connectivity index (χ0n) is 26.7. The minimum atomic E-state index is -0.691. The van der Waals surface area contributed by atoms with Gasteiger partial charge in [0.1, 0.15) is 23.2 Å². The number of fused-ring (bicyclic) bond motifs is 1. The summed E-state index contributed by atoms with van der Waals surface area (Å²) in [6, 6.07) is 14.0. The van der Waals surface area contributed by atoms with E-state index in [4.69, 9.17) is 28.2 Å². The van der Waals surface area contributed by atoms with Crippen molar-refractivity contribution in [3.63, 3.8) is 0 Å². The number of amidine groups is 1. The van der Waals surface area contributed by atoms with Gasteiger partial charge in [0.15, 0.2) is 5.17 Å². The molecular weight excluding hydrogens is 644 g/mol. The number of hydrogen-bond donors (Lipinski definition) is 0. The molecule has 2 aromatic rings. The first-order valence-corrected chi connectivity index (χ1v) is 17.8. The number of hydrogen-bond acceptors (Lipinski definition) is 6. The molecule has 2 saturated heterocycles. The van der Waals surface area contributed by atoms with Gasteiger partial charge in [-0.05, 0) is 92.7 Å². The molecule has 1 aliphatic carbocycles. The summed E-state index contributed by atoms with van der Waals surface area (Å²) in [6.45, 7) is 7.68. The van der Waals surface area contributed by atoms with Crippen molar-refractivity contribution in [3.8, 4) is 0 Å². The number of likely N-dealkylation sites (tertiary alicyclic amines) is 1. The molecule has 7 rings (SSSR count). The van der Waals surface area contributed by atoms with E-state index in [0.717, 1.165) is 41.4 Å². The summed E-state index contributed by atoms with van der Waals surface area (Å²) >= 11 is 13.9. The molecule has 4 heterocycles. The third-order valence-corrected chi connectivity index (χ3v) is 12.3. The second-order valence-corrected chi connectivity index (χ2v) is 15.7. The quantitative estimate of drug-likeness (QED) is 0.333. The van der Waals surface area contributed by atoms with Crippen LogP contribution >= 0.6 is 35.0 Å². The highest BCUT2D eigenvalue weighted by molar-refractivity contribution is 8.18. The van der Waals surface area contributed by atoms with Crippen molar-refractivity contribution in [2.45, 2.75) is 75.7 Å². The van der Waals surface area contributed by atoms with Gasteiger partial charge in [-0.2, -0.15) is 0 Å². The fraction of sp³-hybridized carbons (Fsp3) is 0.514. The van der Waals surface area contributed by atoms with Crippen molar-refractivity contribution < 1.29 is 14.0 Å². The summed E-state index contributed by atoms with van der Waals surface area (Å²) in [5.74, 6) is -0.373. The predicted octanol–water partition coefficient (Wildman–Crippen LogP) is 6.87. The van der Waals surface area contributed by atoms with Crippen molar-refractivity contribution in [1.82, 2.24) is 19.6 Å². The molecule has 46 heavy (non-hydrogen) atoms. The van der Waals surface area contributed by atoms with Crippen molar-refractivity contribution in [2.75, 3.05) is 33.4 Å². The zero-order valence-corrected chi connectivity index (χ0v) is 29.0. The zero-order chi connectivity index (χ0) is 32.5. The van der Waals surface area contributed by atoms with Gasteiger partial charge in [0.25, 0.3) is 5.91 Å². The number of aliphatic imine (C=N–C) groups is 1. The molecule has 0 radical (unpaired) electrons. The number of carbonyl (C=O) groups is 2. The highest BCUT2D eigenvalue weighted by Gasteiger charge is 2.56. The lowest BCUT2D eigenvalue weighted by atomic mass is 9.81. The van der Waals surface area contributed by atoms with Crippen LogP contribution in [0.15, 0.2) is 64.1 Å². The Hall–Kier alpha value is -2.59. The van der Waals surface area contributed by atoms with Gasteiger partial charge in [0.2, 0.25) is 5.91 Å². The Morgan fingerprint density at radius 3 is 2.28 bits per heavy atom. The van der Waals surface area contributed by atoms with Crippen molar-refractivity contribution in [3.05, 3.63) is 80.3 Å². The van der Waals surface area contributed by atoms with Crippen LogP contribution in [0.25, 0.3) is 0 Å². The van der Waals surface area contributed by atoms with Crippen molar-refractivity contribution >= 4 is 51.9 Å². The summed E-state index contributed by atoms with van der Waals surface area (Å²) < 4.78 is 14.6. The van der Waals surface area contributed by atoms with Crippen LogP contribution in [0.3, 0.4) is 0 Å². The smallest absolute Gasteiger partial charge is 0.263 e. The first kappa shape index (κ1) is 32.0. The fourth-order valence-corrected chi connectivity index (χ4v) is 9.52. The molecule has 3 fully saturated rings. The topological polar surface area (TPSA) is 59.5 Å². The number of carbonyl (C=O) groups excluding carboxylic acids is 2. The molecule has 11 heteroatoms. The van der Waals surface area contributed by atoms with E-state index >= 15 is 0 Å². The lowest BCUT2D eigenvalue weighted by molar-refractivity contribution is -0.145. The van der Waals surface area contributed by atoms with E-state index in [-0.39, 0.29) is 29.3 Å². The molecule has 7 nitrogen and oxygen atoms in total. The number of alkyl halides is 1. The first-order chi connectivity index (χ1) is 22.0. The average Bonchev–Trinajstić information content (AvgIpc) is 3.38. The van der Waals surface area contributed by atoms with E-state index < -0.39 is 24.3 Å². The number of benzene rings is 2. The number of thioether (sulfide) groups is 1. The molecule has 0 aromatic heterocycles. The maximum atomic E-state index is 14.7. The maximum Gasteiger partial charge on any atom is 0.263 e. The first-order valence-electron chi connectivity index (χ1n) is 16.2. The fourth-order valence-electron chi connectivity index (χ4n) is 7.91. The van der Waals surface area contributed by atoms with E-state index in [1.165, 1.54) is 11.8 Å². The number of rotatable bonds is 6. The Morgan fingerprint density at radius 1 is 1.02 bits per heavy atom. The van der Waals surface area contributed by atoms with E-state index in [1.807, 2.05) is 53.4 Å². The summed E-state index contributed by atoms with van der Waals surface area (Å²) in [5.41, 5.74) is 2.22. The van der Waals surface area contributed by atoms with Crippen LogP contribution in [0.4, 0.5) is 4.39 Å². The predicted molar refractivity (Wildman–Crippen MR) is 183 cm³/mol. The van der Waals surface area contributed by atoms with E-state index in [9.17, 15) is 14.0 Å². The molecule has 0 unspecified atom stereocenters. The molecule has 2 aromatic carbocycles. The monoisotopic (exact) mass is 683 g/mol. The van der Waals surface area contributed by atoms with Crippen LogP contribution in [-0.2, 0) is 15.1 Å². The summed E-state index contributed by atoms with van der Waals surface area (Å²) in [4.78, 5) is 42.7.